The zero-order valence-corrected chi connectivity index (χ0v) is 12.9. The smallest absolute Gasteiger partial charge is 0.166 e. The summed E-state index contributed by atoms with van der Waals surface area (Å²) in [6.45, 7) is 3.56. The predicted octanol–water partition coefficient (Wildman–Crippen LogP) is 0.899. The van der Waals surface area contributed by atoms with E-state index in [1.54, 1.807) is 6.33 Å². The lowest BCUT2D eigenvalue weighted by molar-refractivity contribution is -0.199. The van der Waals surface area contributed by atoms with Crippen LogP contribution in [0.5, 0.6) is 0 Å². The molecule has 0 unspecified atom stereocenters. The summed E-state index contributed by atoms with van der Waals surface area (Å²) >= 11 is 5.17. The number of aliphatic hydroxyl groups is 1. The number of nitrogens with one attached hydrogen (secondary N) is 1. The van der Waals surface area contributed by atoms with Crippen molar-refractivity contribution in [2.45, 2.75) is 44.2 Å². The van der Waals surface area contributed by atoms with Gasteiger partial charge in [-0.25, -0.2) is 9.97 Å². The Morgan fingerprint density at radius 1 is 1.36 bits per heavy atom. The Morgan fingerprint density at radius 3 is 2.91 bits per heavy atom. The minimum Gasteiger partial charge on any atom is -0.394 e. The number of ether oxygens (including phenoxy) is 3. The maximum atomic E-state index is 9.54. The van der Waals surface area contributed by atoms with E-state index >= 15 is 0 Å². The maximum absolute atomic E-state index is 9.54. The quantitative estimate of drug-likeness (QED) is 0.793. The van der Waals surface area contributed by atoms with Gasteiger partial charge in [0.15, 0.2) is 16.7 Å². The second kappa shape index (κ2) is 4.80. The number of hydrogen-bond donors (Lipinski definition) is 2. The van der Waals surface area contributed by atoms with Crippen molar-refractivity contribution in [2.24, 2.45) is 0 Å². The van der Waals surface area contributed by atoms with Gasteiger partial charge in [0.05, 0.1) is 19.3 Å². The van der Waals surface area contributed by atoms with Gasteiger partial charge in [0, 0.05) is 0 Å². The molecule has 2 saturated heterocycles. The number of fused-ring (bicyclic) bond motifs is 2. The molecular formula is C13H16N4O4S. The molecule has 2 aliphatic heterocycles. The number of rotatable bonds is 2. The highest BCUT2D eigenvalue weighted by atomic mass is 32.1. The van der Waals surface area contributed by atoms with E-state index in [1.165, 1.54) is 6.33 Å². The molecule has 2 N–H and O–H groups in total. The monoisotopic (exact) mass is 324 g/mol. The van der Waals surface area contributed by atoms with Crippen molar-refractivity contribution in [3.05, 3.63) is 17.3 Å². The van der Waals surface area contributed by atoms with Gasteiger partial charge in [-0.05, 0) is 13.8 Å². The van der Waals surface area contributed by atoms with Crippen LogP contribution in [0.2, 0.25) is 0 Å². The maximum Gasteiger partial charge on any atom is 0.166 e. The van der Waals surface area contributed by atoms with Crippen molar-refractivity contribution in [1.82, 2.24) is 19.5 Å². The molecule has 2 aromatic heterocycles. The zero-order valence-electron chi connectivity index (χ0n) is 12.1. The number of nitrogens with zero attached hydrogens (tertiary/aromatic N) is 3. The van der Waals surface area contributed by atoms with E-state index in [2.05, 4.69) is 15.0 Å². The second-order valence-corrected chi connectivity index (χ2v) is 6.26. The molecule has 0 radical (unpaired) electrons. The van der Waals surface area contributed by atoms with Gasteiger partial charge in [0.1, 0.15) is 29.5 Å². The Labute approximate surface area is 131 Å². The number of aliphatic hydroxyl groups excluding tert-OH is 1. The van der Waals surface area contributed by atoms with Crippen LogP contribution in [0, 0.1) is 4.64 Å². The molecule has 8 nitrogen and oxygen atoms in total. The van der Waals surface area contributed by atoms with Crippen LogP contribution in [0.4, 0.5) is 0 Å². The van der Waals surface area contributed by atoms with Gasteiger partial charge in [-0.1, -0.05) is 12.2 Å². The third-order valence-corrected chi connectivity index (χ3v) is 4.26. The highest BCUT2D eigenvalue weighted by molar-refractivity contribution is 7.71. The lowest BCUT2D eigenvalue weighted by atomic mass is 10.1. The topological polar surface area (TPSA) is 94.4 Å². The normalized spacial score (nSPS) is 33.4. The number of imidazole rings is 1. The Hall–Kier alpha value is -1.39. The fraction of sp³-hybridized carbons (Fsp3) is 0.615. The highest BCUT2D eigenvalue weighted by Gasteiger charge is 2.55. The molecule has 118 valence electrons. The lowest BCUT2D eigenvalue weighted by Gasteiger charge is -2.24. The molecular weight excluding hydrogens is 308 g/mol. The minimum atomic E-state index is -0.713. The molecule has 2 aliphatic rings. The fourth-order valence-electron chi connectivity index (χ4n) is 3.10. The number of aromatic nitrogens is 4. The summed E-state index contributed by atoms with van der Waals surface area (Å²) in [4.78, 5) is 11.3. The summed E-state index contributed by atoms with van der Waals surface area (Å²) in [5.74, 6) is -0.713. The van der Waals surface area contributed by atoms with Crippen LogP contribution >= 0.6 is 12.2 Å². The van der Waals surface area contributed by atoms with Crippen LogP contribution in [0.15, 0.2) is 12.7 Å². The molecule has 4 heterocycles. The third kappa shape index (κ3) is 2.01. The molecule has 0 spiro atoms. The Bertz CT molecular complexity index is 773. The van der Waals surface area contributed by atoms with Crippen LogP contribution in [0.25, 0.3) is 11.2 Å². The number of aromatic amines is 1. The molecule has 22 heavy (non-hydrogen) atoms. The van der Waals surface area contributed by atoms with Crippen molar-refractivity contribution >= 4 is 23.4 Å². The Morgan fingerprint density at radius 2 is 2.14 bits per heavy atom. The van der Waals surface area contributed by atoms with Crippen molar-refractivity contribution in [3.63, 3.8) is 0 Å². The van der Waals surface area contributed by atoms with Crippen LogP contribution in [0.3, 0.4) is 0 Å². The van der Waals surface area contributed by atoms with Crippen molar-refractivity contribution in [3.8, 4) is 0 Å². The van der Waals surface area contributed by atoms with Crippen molar-refractivity contribution in [1.29, 1.82) is 0 Å². The van der Waals surface area contributed by atoms with E-state index in [0.717, 1.165) is 0 Å². The molecule has 0 saturated carbocycles. The molecule has 0 aliphatic carbocycles. The van der Waals surface area contributed by atoms with Gasteiger partial charge < -0.3 is 24.3 Å². The Balaban J connectivity index is 1.78. The first-order valence-electron chi connectivity index (χ1n) is 7.02. The number of hydrogen-bond acceptors (Lipinski definition) is 7. The zero-order chi connectivity index (χ0) is 15.5. The molecule has 4 rings (SSSR count). The summed E-state index contributed by atoms with van der Waals surface area (Å²) in [5.41, 5.74) is 1.30. The standard InChI is InChI=1S/C13H16N4O4S/c1-13(2)20-8-6(3-18)19-12(9(8)21-13)17-5-16-7-10(17)14-4-15-11(7)22/h4-6,8-9,12,18H,3H2,1-2H3,(H,14,15,22)/t6-,8+,9+,12-/m0/s1. The number of H-pyrrole nitrogens is 1. The first-order valence-corrected chi connectivity index (χ1v) is 7.43. The predicted molar refractivity (Wildman–Crippen MR) is 77.5 cm³/mol. The summed E-state index contributed by atoms with van der Waals surface area (Å²) in [7, 11) is 0. The van der Waals surface area contributed by atoms with E-state index < -0.39 is 18.1 Å². The van der Waals surface area contributed by atoms with Crippen molar-refractivity contribution < 1.29 is 19.3 Å². The molecule has 4 atom stereocenters. The van der Waals surface area contributed by atoms with Crippen molar-refractivity contribution in [2.75, 3.05) is 6.61 Å². The van der Waals surface area contributed by atoms with Crippen LogP contribution in [-0.2, 0) is 14.2 Å². The summed E-state index contributed by atoms with van der Waals surface area (Å²) < 4.78 is 20.0. The fourth-order valence-corrected chi connectivity index (χ4v) is 3.30. The Kier molecular flexibility index (Phi) is 3.10. The summed E-state index contributed by atoms with van der Waals surface area (Å²) in [5, 5.41) is 9.54. The second-order valence-electron chi connectivity index (χ2n) is 5.87. The largest absolute Gasteiger partial charge is 0.394 e. The first kappa shape index (κ1) is 14.2. The average Bonchev–Trinajstić information content (AvgIpc) is 3.10. The van der Waals surface area contributed by atoms with E-state index in [1.807, 2.05) is 18.4 Å². The highest BCUT2D eigenvalue weighted by Crippen LogP contribution is 2.43. The van der Waals surface area contributed by atoms with Gasteiger partial charge in [0.2, 0.25) is 0 Å². The molecule has 0 aromatic carbocycles. The van der Waals surface area contributed by atoms with Crippen LogP contribution in [-0.4, -0.2) is 55.3 Å². The van der Waals surface area contributed by atoms with E-state index in [9.17, 15) is 5.11 Å². The molecule has 0 bridgehead atoms. The summed E-state index contributed by atoms with van der Waals surface area (Å²) in [6.07, 6.45) is 1.59. The van der Waals surface area contributed by atoms with Crippen LogP contribution < -0.4 is 0 Å². The lowest BCUT2D eigenvalue weighted by Crippen LogP contribution is -2.31. The first-order chi connectivity index (χ1) is 10.5. The van der Waals surface area contributed by atoms with Gasteiger partial charge in [-0.15, -0.1) is 0 Å². The van der Waals surface area contributed by atoms with Gasteiger partial charge >= 0.3 is 0 Å². The van der Waals surface area contributed by atoms with E-state index in [4.69, 9.17) is 26.4 Å². The third-order valence-electron chi connectivity index (χ3n) is 3.96. The SMILES string of the molecule is CC1(C)O[C@@H]2[C@H](O1)[C@H](CO)O[C@@H]2n1cnc2c(=S)nc[nH]c21. The summed E-state index contributed by atoms with van der Waals surface area (Å²) in [6, 6.07) is 0. The minimum absolute atomic E-state index is 0.138. The van der Waals surface area contributed by atoms with Gasteiger partial charge in [0.25, 0.3) is 0 Å². The molecule has 2 aromatic rings. The van der Waals surface area contributed by atoms with Gasteiger partial charge in [-0.3, -0.25) is 4.57 Å². The van der Waals surface area contributed by atoms with E-state index in [-0.39, 0.29) is 18.8 Å². The van der Waals surface area contributed by atoms with Gasteiger partial charge in [-0.2, -0.15) is 0 Å². The van der Waals surface area contributed by atoms with E-state index in [0.29, 0.717) is 15.8 Å². The average molecular weight is 324 g/mol. The molecule has 0 amide bonds. The molecule has 9 heteroatoms. The molecule has 2 fully saturated rings. The van der Waals surface area contributed by atoms with Crippen LogP contribution in [0.1, 0.15) is 20.1 Å².